The van der Waals surface area contributed by atoms with Crippen molar-refractivity contribution in [3.05, 3.63) is 0 Å². The molecule has 0 spiro atoms. The molecule has 0 amide bonds. The van der Waals surface area contributed by atoms with Crippen molar-refractivity contribution in [2.45, 2.75) is 26.4 Å². The highest BCUT2D eigenvalue weighted by atomic mass is 16.6. The van der Waals surface area contributed by atoms with E-state index < -0.39 is 5.60 Å². The molecule has 0 aliphatic carbocycles. The summed E-state index contributed by atoms with van der Waals surface area (Å²) >= 11 is 0. The average Bonchev–Trinajstić information content (AvgIpc) is 2.68. The quantitative estimate of drug-likeness (QED) is 0.188. The highest BCUT2D eigenvalue weighted by Gasteiger charge is 2.15. The van der Waals surface area contributed by atoms with Gasteiger partial charge in [-0.1, -0.05) is 0 Å². The predicted molar refractivity (Wildman–Crippen MR) is 111 cm³/mol. The second-order valence-electron chi connectivity index (χ2n) is 7.10. The van der Waals surface area contributed by atoms with Crippen molar-refractivity contribution in [2.75, 3.05) is 99.0 Å². The van der Waals surface area contributed by atoms with Gasteiger partial charge in [-0.05, 0) is 20.8 Å². The van der Waals surface area contributed by atoms with E-state index >= 15 is 0 Å². The first kappa shape index (κ1) is 29.1. The van der Waals surface area contributed by atoms with Gasteiger partial charge in [0.15, 0.2) is 0 Å². The van der Waals surface area contributed by atoms with E-state index in [1.54, 1.807) is 0 Å². The first-order valence-corrected chi connectivity index (χ1v) is 10.4. The molecule has 30 heavy (non-hydrogen) atoms. The summed E-state index contributed by atoms with van der Waals surface area (Å²) in [5.74, 6) is -0.381. The van der Waals surface area contributed by atoms with Gasteiger partial charge in [0.1, 0.15) is 12.2 Å². The standard InChI is InChI=1S/C20H41NO9/c1-20(2,3)30-19(22)18-29-17-16-28-15-14-27-13-12-26-11-10-25-9-8-24-7-6-23-5-4-21/h4-18,21H2,1-3H3. The maximum Gasteiger partial charge on any atom is 0.332 e. The molecule has 0 aromatic carbocycles. The highest BCUT2D eigenvalue weighted by molar-refractivity contribution is 5.71. The van der Waals surface area contributed by atoms with Gasteiger partial charge in [0.25, 0.3) is 0 Å². The number of hydrogen-bond donors (Lipinski definition) is 1. The maximum atomic E-state index is 11.4. The van der Waals surface area contributed by atoms with E-state index in [-0.39, 0.29) is 12.6 Å². The lowest BCUT2D eigenvalue weighted by molar-refractivity contribution is -0.160. The second-order valence-corrected chi connectivity index (χ2v) is 7.10. The number of esters is 1. The number of rotatable bonds is 22. The first-order valence-electron chi connectivity index (χ1n) is 10.4. The molecular formula is C20H41NO9. The molecule has 0 bridgehead atoms. The van der Waals surface area contributed by atoms with Gasteiger partial charge in [0.05, 0.1) is 85.9 Å². The number of ether oxygens (including phenoxy) is 8. The third-order valence-electron chi connectivity index (χ3n) is 3.13. The van der Waals surface area contributed by atoms with Crippen LogP contribution in [0.5, 0.6) is 0 Å². The van der Waals surface area contributed by atoms with Crippen molar-refractivity contribution >= 4 is 5.97 Å². The fourth-order valence-corrected chi connectivity index (χ4v) is 1.93. The van der Waals surface area contributed by atoms with Crippen LogP contribution in [0.1, 0.15) is 20.8 Å². The lowest BCUT2D eigenvalue weighted by atomic mass is 10.2. The van der Waals surface area contributed by atoms with Gasteiger partial charge in [-0.3, -0.25) is 0 Å². The Morgan fingerprint density at radius 3 is 1.17 bits per heavy atom. The Labute approximate surface area is 180 Å². The molecule has 2 N–H and O–H groups in total. The van der Waals surface area contributed by atoms with E-state index in [1.807, 2.05) is 20.8 Å². The Morgan fingerprint density at radius 1 is 0.567 bits per heavy atom. The van der Waals surface area contributed by atoms with Crippen LogP contribution in [0.3, 0.4) is 0 Å². The van der Waals surface area contributed by atoms with E-state index in [9.17, 15) is 4.79 Å². The normalized spacial score (nSPS) is 11.7. The minimum absolute atomic E-state index is 0.0740. The number of carbonyl (C=O) groups is 1. The molecule has 0 saturated heterocycles. The molecule has 0 heterocycles. The molecule has 0 aromatic heterocycles. The molecular weight excluding hydrogens is 398 g/mol. The van der Waals surface area contributed by atoms with E-state index in [0.29, 0.717) is 92.4 Å². The summed E-state index contributed by atoms with van der Waals surface area (Å²) in [6.45, 7) is 12.2. The average molecular weight is 440 g/mol. The Hall–Kier alpha value is -0.850. The molecule has 180 valence electrons. The molecule has 0 fully saturated rings. The Kier molecular flexibility index (Phi) is 20.8. The largest absolute Gasteiger partial charge is 0.458 e. The van der Waals surface area contributed by atoms with Crippen molar-refractivity contribution in [2.24, 2.45) is 5.73 Å². The summed E-state index contributed by atoms with van der Waals surface area (Å²) in [6.07, 6.45) is 0. The van der Waals surface area contributed by atoms with Crippen LogP contribution in [0.4, 0.5) is 0 Å². The molecule has 10 heteroatoms. The topological polar surface area (TPSA) is 117 Å². The van der Waals surface area contributed by atoms with Crippen LogP contribution in [0.2, 0.25) is 0 Å². The zero-order chi connectivity index (χ0) is 22.3. The van der Waals surface area contributed by atoms with E-state index in [4.69, 9.17) is 43.6 Å². The van der Waals surface area contributed by atoms with Crippen molar-refractivity contribution < 1.29 is 42.7 Å². The molecule has 0 aliphatic heterocycles. The van der Waals surface area contributed by atoms with Crippen molar-refractivity contribution in [3.8, 4) is 0 Å². The molecule has 0 rings (SSSR count). The van der Waals surface area contributed by atoms with Gasteiger partial charge >= 0.3 is 5.97 Å². The number of carbonyl (C=O) groups excluding carboxylic acids is 1. The van der Waals surface area contributed by atoms with Crippen LogP contribution in [-0.4, -0.2) is 111 Å². The van der Waals surface area contributed by atoms with Gasteiger partial charge in [-0.25, -0.2) is 4.79 Å². The van der Waals surface area contributed by atoms with Gasteiger partial charge in [-0.15, -0.1) is 0 Å². The van der Waals surface area contributed by atoms with Gasteiger partial charge in [0.2, 0.25) is 0 Å². The van der Waals surface area contributed by atoms with Crippen LogP contribution in [-0.2, 0) is 42.7 Å². The summed E-state index contributed by atoms with van der Waals surface area (Å²) in [6, 6.07) is 0. The van der Waals surface area contributed by atoms with Crippen LogP contribution < -0.4 is 5.73 Å². The minimum Gasteiger partial charge on any atom is -0.458 e. The molecule has 10 nitrogen and oxygen atoms in total. The third-order valence-corrected chi connectivity index (χ3v) is 3.13. The summed E-state index contributed by atoms with van der Waals surface area (Å²) < 4.78 is 42.3. The fourth-order valence-electron chi connectivity index (χ4n) is 1.93. The highest BCUT2D eigenvalue weighted by Crippen LogP contribution is 2.06. The van der Waals surface area contributed by atoms with Gasteiger partial charge < -0.3 is 43.6 Å². The number of nitrogens with two attached hydrogens (primary N) is 1. The molecule has 0 unspecified atom stereocenters. The fraction of sp³-hybridized carbons (Fsp3) is 0.950. The van der Waals surface area contributed by atoms with Crippen molar-refractivity contribution in [1.29, 1.82) is 0 Å². The van der Waals surface area contributed by atoms with E-state index in [0.717, 1.165) is 0 Å². The van der Waals surface area contributed by atoms with E-state index in [2.05, 4.69) is 0 Å². The molecule has 0 aromatic rings. The van der Waals surface area contributed by atoms with Gasteiger partial charge in [0, 0.05) is 6.54 Å². The number of hydrogen-bond acceptors (Lipinski definition) is 10. The summed E-state index contributed by atoms with van der Waals surface area (Å²) in [4.78, 5) is 11.4. The lowest BCUT2D eigenvalue weighted by Crippen LogP contribution is -2.27. The molecule has 0 radical (unpaired) electrons. The Balaban J connectivity index is 3.11. The smallest absolute Gasteiger partial charge is 0.332 e. The van der Waals surface area contributed by atoms with Crippen LogP contribution in [0, 0.1) is 0 Å². The van der Waals surface area contributed by atoms with Crippen molar-refractivity contribution in [1.82, 2.24) is 0 Å². The molecule has 0 atom stereocenters. The maximum absolute atomic E-state index is 11.4. The molecule has 0 saturated carbocycles. The van der Waals surface area contributed by atoms with Gasteiger partial charge in [-0.2, -0.15) is 0 Å². The van der Waals surface area contributed by atoms with Crippen LogP contribution in [0.25, 0.3) is 0 Å². The van der Waals surface area contributed by atoms with Crippen LogP contribution in [0.15, 0.2) is 0 Å². The predicted octanol–water partition coefficient (Wildman–Crippen LogP) is 0.403. The molecule has 0 aliphatic rings. The zero-order valence-electron chi connectivity index (χ0n) is 18.9. The minimum atomic E-state index is -0.500. The monoisotopic (exact) mass is 439 g/mol. The van der Waals surface area contributed by atoms with E-state index in [1.165, 1.54) is 0 Å². The zero-order valence-corrected chi connectivity index (χ0v) is 18.9. The summed E-state index contributed by atoms with van der Waals surface area (Å²) in [7, 11) is 0. The summed E-state index contributed by atoms with van der Waals surface area (Å²) in [5.41, 5.74) is 4.80. The second kappa shape index (κ2) is 21.4. The third kappa shape index (κ3) is 25.2. The Morgan fingerprint density at radius 2 is 0.867 bits per heavy atom. The van der Waals surface area contributed by atoms with Crippen molar-refractivity contribution in [3.63, 3.8) is 0 Å². The SMILES string of the molecule is CC(C)(C)OC(=O)COCCOCCOCCOCCOCCOCCOCCN. The lowest BCUT2D eigenvalue weighted by Gasteiger charge is -2.19. The Bertz CT molecular complexity index is 378. The first-order chi connectivity index (χ1) is 14.5. The van der Waals surface area contributed by atoms with Crippen LogP contribution >= 0.6 is 0 Å². The summed E-state index contributed by atoms with van der Waals surface area (Å²) in [5, 5.41) is 0.